The van der Waals surface area contributed by atoms with Crippen molar-refractivity contribution in [2.75, 3.05) is 11.9 Å². The van der Waals surface area contributed by atoms with E-state index >= 15 is 0 Å². The number of nitrogens with zero attached hydrogens (tertiary/aromatic N) is 1. The van der Waals surface area contributed by atoms with E-state index in [1.807, 2.05) is 0 Å². The normalized spacial score (nSPS) is 13.0. The van der Waals surface area contributed by atoms with Crippen molar-refractivity contribution in [3.05, 3.63) is 71.3 Å². The summed E-state index contributed by atoms with van der Waals surface area (Å²) in [6.07, 6.45) is 3.36. The molecule has 0 saturated heterocycles. The molecule has 24 heavy (non-hydrogen) atoms. The predicted molar refractivity (Wildman–Crippen MR) is 103 cm³/mol. The number of fused-ring (bicyclic) bond motifs is 2. The number of nitrogens with one attached hydrogen (secondary N) is 1. The molecule has 1 aromatic heterocycles. The number of benzene rings is 3. The van der Waals surface area contributed by atoms with E-state index in [4.69, 9.17) is 4.98 Å². The van der Waals surface area contributed by atoms with Gasteiger partial charge in [0.25, 0.3) is 0 Å². The average Bonchev–Trinajstić information content (AvgIpc) is 3.22. The fraction of sp³-hybridized carbons (Fsp3) is 0.190. The molecule has 0 fully saturated rings. The Morgan fingerprint density at radius 2 is 1.83 bits per heavy atom. The lowest BCUT2D eigenvalue weighted by Gasteiger charge is -2.02. The zero-order valence-corrected chi connectivity index (χ0v) is 14.2. The van der Waals surface area contributed by atoms with Crippen LogP contribution in [0.4, 0.5) is 5.13 Å². The molecule has 3 heteroatoms. The Hall–Kier alpha value is -2.39. The second-order valence-electron chi connectivity index (χ2n) is 6.40. The van der Waals surface area contributed by atoms with Crippen LogP contribution in [0.25, 0.3) is 21.0 Å². The molecule has 1 heterocycles. The van der Waals surface area contributed by atoms with Gasteiger partial charge < -0.3 is 5.32 Å². The SMILES string of the molecule is c1ccc(CCNc2nc3c(cc4c5c(cccc53)CC4)s2)cc1. The van der Waals surface area contributed by atoms with Gasteiger partial charge in [-0.2, -0.15) is 0 Å². The van der Waals surface area contributed by atoms with Crippen LogP contribution in [0.2, 0.25) is 0 Å². The second kappa shape index (κ2) is 5.60. The average molecular weight is 330 g/mol. The van der Waals surface area contributed by atoms with Gasteiger partial charge in [-0.15, -0.1) is 0 Å². The van der Waals surface area contributed by atoms with Crippen molar-refractivity contribution in [2.24, 2.45) is 0 Å². The number of aromatic nitrogens is 1. The number of hydrogen-bond acceptors (Lipinski definition) is 3. The number of aryl methyl sites for hydroxylation is 2. The first-order valence-corrected chi connectivity index (χ1v) is 9.32. The Morgan fingerprint density at radius 3 is 2.75 bits per heavy atom. The smallest absolute Gasteiger partial charge is 0.183 e. The highest BCUT2D eigenvalue weighted by molar-refractivity contribution is 7.22. The van der Waals surface area contributed by atoms with E-state index in [9.17, 15) is 0 Å². The first kappa shape index (κ1) is 14.0. The molecule has 0 amide bonds. The number of thiazole rings is 1. The lowest BCUT2D eigenvalue weighted by atomic mass is 10.0. The summed E-state index contributed by atoms with van der Waals surface area (Å²) >= 11 is 1.78. The molecule has 0 bridgehead atoms. The largest absolute Gasteiger partial charge is 0.361 e. The van der Waals surface area contributed by atoms with E-state index in [0.717, 1.165) is 23.6 Å². The van der Waals surface area contributed by atoms with E-state index in [0.29, 0.717) is 0 Å². The van der Waals surface area contributed by atoms with Crippen LogP contribution in [0.15, 0.2) is 54.6 Å². The fourth-order valence-corrected chi connectivity index (χ4v) is 4.71. The highest BCUT2D eigenvalue weighted by Gasteiger charge is 2.18. The summed E-state index contributed by atoms with van der Waals surface area (Å²) in [6.45, 7) is 0.917. The molecule has 118 valence electrons. The lowest BCUT2D eigenvalue weighted by Crippen LogP contribution is -2.04. The molecule has 2 nitrogen and oxygen atoms in total. The van der Waals surface area contributed by atoms with Gasteiger partial charge in [-0.05, 0) is 47.4 Å². The lowest BCUT2D eigenvalue weighted by molar-refractivity contribution is 1.02. The van der Waals surface area contributed by atoms with Crippen LogP contribution in [-0.2, 0) is 19.3 Å². The molecule has 3 aromatic carbocycles. The molecule has 1 N–H and O–H groups in total. The first-order valence-electron chi connectivity index (χ1n) is 8.50. The van der Waals surface area contributed by atoms with Gasteiger partial charge in [-0.25, -0.2) is 4.98 Å². The van der Waals surface area contributed by atoms with Crippen LogP contribution < -0.4 is 5.32 Å². The summed E-state index contributed by atoms with van der Waals surface area (Å²) in [5, 5.41) is 7.31. The van der Waals surface area contributed by atoms with Gasteiger partial charge in [0.15, 0.2) is 5.13 Å². The molecule has 0 radical (unpaired) electrons. The third-order valence-electron chi connectivity index (χ3n) is 4.88. The minimum atomic E-state index is 0.917. The minimum Gasteiger partial charge on any atom is -0.361 e. The van der Waals surface area contributed by atoms with Crippen LogP contribution >= 0.6 is 11.3 Å². The van der Waals surface area contributed by atoms with Crippen LogP contribution in [0.3, 0.4) is 0 Å². The summed E-state index contributed by atoms with van der Waals surface area (Å²) in [4.78, 5) is 4.89. The van der Waals surface area contributed by atoms with E-state index in [-0.39, 0.29) is 0 Å². The fourth-order valence-electron chi connectivity index (χ4n) is 3.74. The summed E-state index contributed by atoms with van der Waals surface area (Å²) in [5.41, 5.74) is 5.49. The molecule has 1 aliphatic carbocycles. The summed E-state index contributed by atoms with van der Waals surface area (Å²) in [7, 11) is 0. The van der Waals surface area contributed by atoms with Gasteiger partial charge in [0.2, 0.25) is 0 Å². The predicted octanol–water partition coefficient (Wildman–Crippen LogP) is 5.20. The van der Waals surface area contributed by atoms with E-state index < -0.39 is 0 Å². The Morgan fingerprint density at radius 1 is 0.958 bits per heavy atom. The van der Waals surface area contributed by atoms with Crippen molar-refractivity contribution in [3.63, 3.8) is 0 Å². The highest BCUT2D eigenvalue weighted by atomic mass is 32.1. The van der Waals surface area contributed by atoms with Crippen LogP contribution in [0.5, 0.6) is 0 Å². The van der Waals surface area contributed by atoms with Gasteiger partial charge in [0.05, 0.1) is 10.2 Å². The number of rotatable bonds is 4. The van der Waals surface area contributed by atoms with Crippen molar-refractivity contribution >= 4 is 37.5 Å². The molecule has 1 aliphatic rings. The van der Waals surface area contributed by atoms with Crippen LogP contribution in [-0.4, -0.2) is 11.5 Å². The summed E-state index contributed by atoms with van der Waals surface area (Å²) in [6, 6.07) is 19.6. The maximum Gasteiger partial charge on any atom is 0.183 e. The highest BCUT2D eigenvalue weighted by Crippen LogP contribution is 2.38. The van der Waals surface area contributed by atoms with Crippen molar-refractivity contribution in [1.82, 2.24) is 4.98 Å². The standard InChI is InChI=1S/C21H18N2S/c1-2-5-14(6-3-1)11-12-22-21-23-20-17-8-4-7-15-9-10-16(19(15)17)13-18(20)24-21/h1-8,13H,9-12H2,(H,22,23). The van der Waals surface area contributed by atoms with Crippen molar-refractivity contribution < 1.29 is 0 Å². The maximum absolute atomic E-state index is 4.89. The van der Waals surface area contributed by atoms with Gasteiger partial charge in [0, 0.05) is 11.9 Å². The molecule has 0 unspecified atom stereocenters. The maximum atomic E-state index is 4.89. The molecule has 0 spiro atoms. The van der Waals surface area contributed by atoms with Gasteiger partial charge in [0.1, 0.15) is 0 Å². The Labute approximate surface area is 145 Å². The molecular formula is C21H18N2S. The monoisotopic (exact) mass is 330 g/mol. The molecular weight excluding hydrogens is 312 g/mol. The molecule has 5 rings (SSSR count). The van der Waals surface area contributed by atoms with Crippen molar-refractivity contribution in [3.8, 4) is 0 Å². The van der Waals surface area contributed by atoms with Gasteiger partial charge in [-0.3, -0.25) is 0 Å². The van der Waals surface area contributed by atoms with Crippen molar-refractivity contribution in [2.45, 2.75) is 19.3 Å². The van der Waals surface area contributed by atoms with Crippen LogP contribution in [0.1, 0.15) is 16.7 Å². The second-order valence-corrected chi connectivity index (χ2v) is 7.43. The third kappa shape index (κ3) is 2.28. The topological polar surface area (TPSA) is 24.9 Å². The number of hydrogen-bond donors (Lipinski definition) is 1. The third-order valence-corrected chi connectivity index (χ3v) is 5.84. The Balaban J connectivity index is 1.46. The minimum absolute atomic E-state index is 0.917. The zero-order valence-electron chi connectivity index (χ0n) is 13.4. The Bertz CT molecular complexity index is 1030. The molecule has 0 aliphatic heterocycles. The van der Waals surface area contributed by atoms with E-state index in [2.05, 4.69) is 59.9 Å². The van der Waals surface area contributed by atoms with E-state index in [1.165, 1.54) is 45.0 Å². The molecule has 4 aromatic rings. The Kier molecular flexibility index (Phi) is 3.27. The van der Waals surface area contributed by atoms with Crippen LogP contribution in [0, 0.1) is 0 Å². The summed E-state index contributed by atoms with van der Waals surface area (Å²) < 4.78 is 1.30. The molecule has 0 atom stereocenters. The van der Waals surface area contributed by atoms with Gasteiger partial charge in [-0.1, -0.05) is 59.9 Å². The van der Waals surface area contributed by atoms with E-state index in [1.54, 1.807) is 11.3 Å². The number of anilines is 1. The quantitative estimate of drug-likeness (QED) is 0.556. The van der Waals surface area contributed by atoms with Crippen molar-refractivity contribution in [1.29, 1.82) is 0 Å². The summed E-state index contributed by atoms with van der Waals surface area (Å²) in [5.74, 6) is 0. The molecule has 0 saturated carbocycles. The van der Waals surface area contributed by atoms with Gasteiger partial charge >= 0.3 is 0 Å². The zero-order chi connectivity index (χ0) is 15.9. The first-order chi connectivity index (χ1) is 11.9.